The predicted octanol–water partition coefficient (Wildman–Crippen LogP) is 1.99. The normalized spacial score (nSPS) is 14.0. The average Bonchev–Trinajstić information content (AvgIpc) is 2.46. The number of hydrogen-bond donors (Lipinski definition) is 3. The summed E-state index contributed by atoms with van der Waals surface area (Å²) >= 11 is 0. The van der Waals surface area contributed by atoms with Crippen LogP contribution in [0.2, 0.25) is 0 Å². The first-order valence-corrected chi connectivity index (χ1v) is 7.97. The summed E-state index contributed by atoms with van der Waals surface area (Å²) in [5.74, 6) is -0.534. The second-order valence-corrected chi connectivity index (χ2v) is 6.94. The van der Waals surface area contributed by atoms with Crippen LogP contribution < -0.4 is 10.6 Å². The largest absolute Gasteiger partial charge is 0.396 e. The maximum absolute atomic E-state index is 12.2. The lowest BCUT2D eigenvalue weighted by Gasteiger charge is -2.20. The Labute approximate surface area is 138 Å². The third-order valence-corrected chi connectivity index (χ3v) is 3.70. The second-order valence-electron chi connectivity index (χ2n) is 6.94. The van der Waals surface area contributed by atoms with E-state index in [1.165, 1.54) is 0 Å². The van der Waals surface area contributed by atoms with E-state index in [9.17, 15) is 9.59 Å². The van der Waals surface area contributed by atoms with Crippen molar-refractivity contribution in [3.63, 3.8) is 0 Å². The molecule has 0 aliphatic heterocycles. The number of aliphatic hydroxyl groups excluding tert-OH is 1. The van der Waals surface area contributed by atoms with Gasteiger partial charge in [0.15, 0.2) is 0 Å². The Morgan fingerprint density at radius 3 is 2.13 bits per heavy atom. The number of nitrogens with one attached hydrogen (secondary N) is 2. The molecule has 0 spiro atoms. The summed E-state index contributed by atoms with van der Waals surface area (Å²) < 4.78 is 0. The molecule has 23 heavy (non-hydrogen) atoms. The third kappa shape index (κ3) is 6.02. The van der Waals surface area contributed by atoms with Gasteiger partial charge in [-0.2, -0.15) is 0 Å². The van der Waals surface area contributed by atoms with Gasteiger partial charge in [0.25, 0.3) is 5.91 Å². The molecule has 2 amide bonds. The molecule has 5 nitrogen and oxygen atoms in total. The monoisotopic (exact) mass is 320 g/mol. The standard InChI is InChI=1S/C18H28N2O3/c1-12(10-11-21)19-16(22)13(2)20-17(23)14-6-8-15(9-7-14)18(3,4)5/h6-9,12-13,21H,10-11H2,1-5H3,(H,19,22)(H,20,23). The first kappa shape index (κ1) is 19.2. The highest BCUT2D eigenvalue weighted by Gasteiger charge is 2.19. The fourth-order valence-corrected chi connectivity index (χ4v) is 2.10. The van der Waals surface area contributed by atoms with Crippen molar-refractivity contribution in [3.05, 3.63) is 35.4 Å². The van der Waals surface area contributed by atoms with Crippen molar-refractivity contribution < 1.29 is 14.7 Å². The predicted molar refractivity (Wildman–Crippen MR) is 91.4 cm³/mol. The number of carbonyl (C=O) groups is 2. The molecule has 0 bridgehead atoms. The first-order chi connectivity index (χ1) is 10.6. The number of hydrogen-bond acceptors (Lipinski definition) is 3. The minimum atomic E-state index is -0.633. The van der Waals surface area contributed by atoms with E-state index in [-0.39, 0.29) is 29.9 Å². The zero-order valence-electron chi connectivity index (χ0n) is 14.6. The highest BCUT2D eigenvalue weighted by Crippen LogP contribution is 2.22. The summed E-state index contributed by atoms with van der Waals surface area (Å²) in [5.41, 5.74) is 1.71. The Kier molecular flexibility index (Phi) is 6.76. The molecule has 1 rings (SSSR count). The zero-order chi connectivity index (χ0) is 17.6. The van der Waals surface area contributed by atoms with Crippen molar-refractivity contribution in [2.45, 2.75) is 58.5 Å². The Morgan fingerprint density at radius 1 is 1.09 bits per heavy atom. The number of carbonyl (C=O) groups excluding carboxylic acids is 2. The molecule has 3 N–H and O–H groups in total. The molecule has 0 saturated heterocycles. The van der Waals surface area contributed by atoms with Crippen molar-refractivity contribution in [1.82, 2.24) is 10.6 Å². The van der Waals surface area contributed by atoms with Crippen LogP contribution in [0, 0.1) is 0 Å². The van der Waals surface area contributed by atoms with E-state index in [1.54, 1.807) is 19.1 Å². The maximum Gasteiger partial charge on any atom is 0.251 e. The average molecular weight is 320 g/mol. The van der Waals surface area contributed by atoms with Crippen molar-refractivity contribution >= 4 is 11.8 Å². The van der Waals surface area contributed by atoms with Crippen molar-refractivity contribution in [3.8, 4) is 0 Å². The van der Waals surface area contributed by atoms with Crippen LogP contribution in [-0.2, 0) is 10.2 Å². The third-order valence-electron chi connectivity index (χ3n) is 3.70. The Balaban J connectivity index is 2.63. The quantitative estimate of drug-likeness (QED) is 0.750. The van der Waals surface area contributed by atoms with Crippen LogP contribution in [0.5, 0.6) is 0 Å². The summed E-state index contributed by atoms with van der Waals surface area (Å²) in [5, 5.41) is 14.3. The molecule has 0 heterocycles. The van der Waals surface area contributed by atoms with Crippen LogP contribution in [0.4, 0.5) is 0 Å². The summed E-state index contributed by atoms with van der Waals surface area (Å²) in [6.07, 6.45) is 0.487. The SMILES string of the molecule is CC(CCO)NC(=O)C(C)NC(=O)c1ccc(C(C)(C)C)cc1. The van der Waals surface area contributed by atoms with Crippen LogP contribution in [0.15, 0.2) is 24.3 Å². The van der Waals surface area contributed by atoms with Gasteiger partial charge in [-0.05, 0) is 43.4 Å². The van der Waals surface area contributed by atoms with Crippen molar-refractivity contribution in [2.75, 3.05) is 6.61 Å². The lowest BCUT2D eigenvalue weighted by molar-refractivity contribution is -0.123. The van der Waals surface area contributed by atoms with Gasteiger partial charge >= 0.3 is 0 Å². The molecule has 0 radical (unpaired) electrons. The van der Waals surface area contributed by atoms with E-state index in [4.69, 9.17) is 5.11 Å². The number of benzene rings is 1. The zero-order valence-corrected chi connectivity index (χ0v) is 14.6. The number of aliphatic hydroxyl groups is 1. The lowest BCUT2D eigenvalue weighted by atomic mass is 9.86. The van der Waals surface area contributed by atoms with Gasteiger partial charge in [-0.25, -0.2) is 0 Å². The van der Waals surface area contributed by atoms with Gasteiger partial charge in [-0.3, -0.25) is 9.59 Å². The molecule has 128 valence electrons. The van der Waals surface area contributed by atoms with Crippen LogP contribution in [0.3, 0.4) is 0 Å². The molecule has 0 aliphatic rings. The van der Waals surface area contributed by atoms with E-state index in [0.29, 0.717) is 12.0 Å². The Hall–Kier alpha value is -1.88. The molecule has 2 unspecified atom stereocenters. The molecule has 0 saturated carbocycles. The van der Waals surface area contributed by atoms with E-state index in [1.807, 2.05) is 19.1 Å². The number of rotatable bonds is 6. The molecule has 1 aromatic carbocycles. The lowest BCUT2D eigenvalue weighted by Crippen LogP contribution is -2.47. The van der Waals surface area contributed by atoms with Crippen molar-refractivity contribution in [2.24, 2.45) is 0 Å². The molecule has 1 aromatic rings. The summed E-state index contributed by atoms with van der Waals surface area (Å²) in [4.78, 5) is 24.2. The Bertz CT molecular complexity index is 532. The minimum absolute atomic E-state index is 0.0162. The number of amides is 2. The van der Waals surface area contributed by atoms with Gasteiger partial charge in [-0.15, -0.1) is 0 Å². The van der Waals surface area contributed by atoms with E-state index >= 15 is 0 Å². The molecule has 0 fully saturated rings. The van der Waals surface area contributed by atoms with Crippen molar-refractivity contribution in [1.29, 1.82) is 0 Å². The van der Waals surface area contributed by atoms with Gasteiger partial charge in [0, 0.05) is 18.2 Å². The van der Waals surface area contributed by atoms with Gasteiger partial charge in [0.2, 0.25) is 5.91 Å². The first-order valence-electron chi connectivity index (χ1n) is 7.97. The van der Waals surface area contributed by atoms with Crippen LogP contribution in [0.1, 0.15) is 57.0 Å². The van der Waals surface area contributed by atoms with E-state index < -0.39 is 6.04 Å². The van der Waals surface area contributed by atoms with E-state index in [2.05, 4.69) is 31.4 Å². The molecular weight excluding hydrogens is 292 g/mol. The maximum atomic E-state index is 12.2. The van der Waals surface area contributed by atoms with Gasteiger partial charge in [0.1, 0.15) is 6.04 Å². The molecular formula is C18H28N2O3. The summed E-state index contributed by atoms with van der Waals surface area (Å²) in [6.45, 7) is 9.81. The summed E-state index contributed by atoms with van der Waals surface area (Å²) in [6, 6.07) is 6.65. The minimum Gasteiger partial charge on any atom is -0.396 e. The van der Waals surface area contributed by atoms with Crippen LogP contribution in [0.25, 0.3) is 0 Å². The summed E-state index contributed by atoms with van der Waals surface area (Å²) in [7, 11) is 0. The highest BCUT2D eigenvalue weighted by molar-refractivity contribution is 5.97. The molecule has 0 aromatic heterocycles. The smallest absolute Gasteiger partial charge is 0.251 e. The molecule has 5 heteroatoms. The fourth-order valence-electron chi connectivity index (χ4n) is 2.10. The topological polar surface area (TPSA) is 78.4 Å². The Morgan fingerprint density at radius 2 is 1.65 bits per heavy atom. The van der Waals surface area contributed by atoms with Gasteiger partial charge in [0.05, 0.1) is 0 Å². The van der Waals surface area contributed by atoms with Crippen LogP contribution >= 0.6 is 0 Å². The molecule has 0 aliphatic carbocycles. The van der Waals surface area contributed by atoms with E-state index in [0.717, 1.165) is 5.56 Å². The van der Waals surface area contributed by atoms with Gasteiger partial charge in [-0.1, -0.05) is 32.9 Å². The van der Waals surface area contributed by atoms with Crippen LogP contribution in [-0.4, -0.2) is 35.6 Å². The van der Waals surface area contributed by atoms with Gasteiger partial charge < -0.3 is 15.7 Å². The highest BCUT2D eigenvalue weighted by atomic mass is 16.3. The fraction of sp³-hybridized carbons (Fsp3) is 0.556. The molecule has 2 atom stereocenters. The second kappa shape index (κ2) is 8.11.